The minimum atomic E-state index is 0.695. The van der Waals surface area contributed by atoms with E-state index in [0.29, 0.717) is 6.61 Å². The molecule has 2 aromatic rings. The van der Waals surface area contributed by atoms with Gasteiger partial charge in [-0.1, -0.05) is 35.9 Å². The lowest BCUT2D eigenvalue weighted by atomic mass is 9.97. The van der Waals surface area contributed by atoms with Crippen molar-refractivity contribution in [3.05, 3.63) is 53.6 Å². The molecule has 0 aromatic heterocycles. The molecule has 0 heterocycles. The van der Waals surface area contributed by atoms with Gasteiger partial charge < -0.3 is 10.1 Å². The quantitative estimate of drug-likeness (QED) is 0.878. The molecule has 0 amide bonds. The average molecular weight is 255 g/mol. The largest absolute Gasteiger partial charge is 0.494 e. The van der Waals surface area contributed by atoms with Gasteiger partial charge in [0.05, 0.1) is 6.61 Å². The summed E-state index contributed by atoms with van der Waals surface area (Å²) in [4.78, 5) is 0. The van der Waals surface area contributed by atoms with Crippen molar-refractivity contribution < 1.29 is 4.74 Å². The van der Waals surface area contributed by atoms with E-state index in [1.807, 2.05) is 26.1 Å². The third kappa shape index (κ3) is 3.36. The van der Waals surface area contributed by atoms with Crippen molar-refractivity contribution in [3.8, 4) is 16.9 Å². The number of nitrogens with one attached hydrogen (secondary N) is 1. The van der Waals surface area contributed by atoms with Crippen LogP contribution in [0.5, 0.6) is 5.75 Å². The maximum absolute atomic E-state index is 5.58. The summed E-state index contributed by atoms with van der Waals surface area (Å²) >= 11 is 0. The fourth-order valence-corrected chi connectivity index (χ4v) is 2.22. The molecule has 2 nitrogen and oxygen atoms in total. The topological polar surface area (TPSA) is 21.3 Å². The van der Waals surface area contributed by atoms with Crippen LogP contribution in [0, 0.1) is 6.92 Å². The maximum Gasteiger partial charge on any atom is 0.119 e. The second-order valence-corrected chi connectivity index (χ2v) is 4.65. The first-order chi connectivity index (χ1) is 9.24. The molecular formula is C17H21NO. The molecule has 2 rings (SSSR count). The van der Waals surface area contributed by atoms with Crippen molar-refractivity contribution in [2.24, 2.45) is 0 Å². The standard InChI is InChI=1S/C17H21NO/c1-4-19-16-7-5-6-14(11-16)17-10-13(2)8-9-15(17)12-18-3/h5-11,18H,4,12H2,1-3H3. The normalized spacial score (nSPS) is 10.5. The predicted molar refractivity (Wildman–Crippen MR) is 80.5 cm³/mol. The first-order valence-electron chi connectivity index (χ1n) is 6.72. The van der Waals surface area contributed by atoms with Crippen LogP contribution in [-0.2, 0) is 6.54 Å². The highest BCUT2D eigenvalue weighted by Crippen LogP contribution is 2.28. The van der Waals surface area contributed by atoms with Gasteiger partial charge in [-0.2, -0.15) is 0 Å². The van der Waals surface area contributed by atoms with Crippen molar-refractivity contribution in [1.82, 2.24) is 5.32 Å². The van der Waals surface area contributed by atoms with Gasteiger partial charge in [-0.3, -0.25) is 0 Å². The van der Waals surface area contributed by atoms with Gasteiger partial charge in [0, 0.05) is 6.54 Å². The maximum atomic E-state index is 5.58. The highest BCUT2D eigenvalue weighted by Gasteiger charge is 2.06. The SMILES string of the molecule is CCOc1cccc(-c2cc(C)ccc2CNC)c1. The van der Waals surface area contributed by atoms with Gasteiger partial charge in [-0.25, -0.2) is 0 Å². The average Bonchev–Trinajstić information content (AvgIpc) is 2.42. The van der Waals surface area contributed by atoms with E-state index < -0.39 is 0 Å². The van der Waals surface area contributed by atoms with Crippen LogP contribution in [-0.4, -0.2) is 13.7 Å². The monoisotopic (exact) mass is 255 g/mol. The summed E-state index contributed by atoms with van der Waals surface area (Å²) in [6.45, 7) is 5.69. The van der Waals surface area contributed by atoms with Crippen molar-refractivity contribution in [2.45, 2.75) is 20.4 Å². The van der Waals surface area contributed by atoms with E-state index in [-0.39, 0.29) is 0 Å². The zero-order valence-corrected chi connectivity index (χ0v) is 11.9. The Morgan fingerprint density at radius 2 is 1.95 bits per heavy atom. The Kier molecular flexibility index (Phi) is 4.58. The third-order valence-corrected chi connectivity index (χ3v) is 3.09. The van der Waals surface area contributed by atoms with Crippen LogP contribution < -0.4 is 10.1 Å². The smallest absolute Gasteiger partial charge is 0.119 e. The highest BCUT2D eigenvalue weighted by molar-refractivity contribution is 5.69. The molecule has 0 unspecified atom stereocenters. The van der Waals surface area contributed by atoms with Crippen LogP contribution in [0.2, 0.25) is 0 Å². The fourth-order valence-electron chi connectivity index (χ4n) is 2.22. The van der Waals surface area contributed by atoms with Crippen molar-refractivity contribution in [3.63, 3.8) is 0 Å². The molecule has 2 aromatic carbocycles. The van der Waals surface area contributed by atoms with Gasteiger partial charge in [-0.05, 0) is 49.7 Å². The summed E-state index contributed by atoms with van der Waals surface area (Å²) in [5.74, 6) is 0.928. The van der Waals surface area contributed by atoms with E-state index in [0.717, 1.165) is 12.3 Å². The lowest BCUT2D eigenvalue weighted by molar-refractivity contribution is 0.340. The van der Waals surface area contributed by atoms with Gasteiger partial charge >= 0.3 is 0 Å². The Bertz CT molecular complexity index is 549. The minimum Gasteiger partial charge on any atom is -0.494 e. The molecule has 100 valence electrons. The van der Waals surface area contributed by atoms with Gasteiger partial charge in [-0.15, -0.1) is 0 Å². The molecule has 0 saturated carbocycles. The van der Waals surface area contributed by atoms with Crippen LogP contribution in [0.3, 0.4) is 0 Å². The summed E-state index contributed by atoms with van der Waals surface area (Å²) < 4.78 is 5.58. The van der Waals surface area contributed by atoms with E-state index in [1.54, 1.807) is 0 Å². The number of aryl methyl sites for hydroxylation is 1. The summed E-state index contributed by atoms with van der Waals surface area (Å²) in [7, 11) is 1.97. The molecule has 0 aliphatic rings. The van der Waals surface area contributed by atoms with E-state index in [9.17, 15) is 0 Å². The second-order valence-electron chi connectivity index (χ2n) is 4.65. The Morgan fingerprint density at radius 1 is 1.11 bits per heavy atom. The zero-order valence-electron chi connectivity index (χ0n) is 11.9. The van der Waals surface area contributed by atoms with Gasteiger partial charge in [0.25, 0.3) is 0 Å². The van der Waals surface area contributed by atoms with Crippen molar-refractivity contribution >= 4 is 0 Å². The molecule has 0 spiro atoms. The van der Waals surface area contributed by atoms with Crippen LogP contribution in [0.25, 0.3) is 11.1 Å². The Morgan fingerprint density at radius 3 is 2.68 bits per heavy atom. The van der Waals surface area contributed by atoms with Crippen LogP contribution in [0.15, 0.2) is 42.5 Å². The summed E-state index contributed by atoms with van der Waals surface area (Å²) in [5, 5.41) is 3.22. The number of hydrogen-bond acceptors (Lipinski definition) is 2. The lowest BCUT2D eigenvalue weighted by Crippen LogP contribution is -2.06. The van der Waals surface area contributed by atoms with E-state index in [2.05, 4.69) is 42.6 Å². The Hall–Kier alpha value is -1.80. The summed E-state index contributed by atoms with van der Waals surface area (Å²) in [6, 6.07) is 14.9. The highest BCUT2D eigenvalue weighted by atomic mass is 16.5. The first kappa shape index (κ1) is 13.6. The first-order valence-corrected chi connectivity index (χ1v) is 6.72. The predicted octanol–water partition coefficient (Wildman–Crippen LogP) is 3.78. The lowest BCUT2D eigenvalue weighted by Gasteiger charge is -2.12. The van der Waals surface area contributed by atoms with Crippen LogP contribution >= 0.6 is 0 Å². The second kappa shape index (κ2) is 6.39. The summed E-state index contributed by atoms with van der Waals surface area (Å²) in [6.07, 6.45) is 0. The van der Waals surface area contributed by atoms with Crippen LogP contribution in [0.4, 0.5) is 0 Å². The Balaban J connectivity index is 2.44. The molecule has 0 aliphatic heterocycles. The molecular weight excluding hydrogens is 234 g/mol. The zero-order chi connectivity index (χ0) is 13.7. The van der Waals surface area contributed by atoms with Gasteiger partial charge in [0.2, 0.25) is 0 Å². The molecule has 0 radical (unpaired) electrons. The fraction of sp³-hybridized carbons (Fsp3) is 0.294. The number of rotatable bonds is 5. The molecule has 0 fully saturated rings. The van der Waals surface area contributed by atoms with E-state index >= 15 is 0 Å². The molecule has 0 aliphatic carbocycles. The molecule has 0 bridgehead atoms. The minimum absolute atomic E-state index is 0.695. The third-order valence-electron chi connectivity index (χ3n) is 3.09. The number of hydrogen-bond donors (Lipinski definition) is 1. The van der Waals surface area contributed by atoms with Gasteiger partial charge in [0.15, 0.2) is 0 Å². The van der Waals surface area contributed by atoms with E-state index in [4.69, 9.17) is 4.74 Å². The number of ether oxygens (including phenoxy) is 1. The summed E-state index contributed by atoms with van der Waals surface area (Å²) in [5.41, 5.74) is 5.06. The molecule has 19 heavy (non-hydrogen) atoms. The molecule has 2 heteroatoms. The Labute approximate surface area is 115 Å². The van der Waals surface area contributed by atoms with E-state index in [1.165, 1.54) is 22.3 Å². The van der Waals surface area contributed by atoms with Crippen molar-refractivity contribution in [2.75, 3.05) is 13.7 Å². The molecule has 0 saturated heterocycles. The van der Waals surface area contributed by atoms with Crippen LogP contribution in [0.1, 0.15) is 18.1 Å². The van der Waals surface area contributed by atoms with Gasteiger partial charge in [0.1, 0.15) is 5.75 Å². The number of benzene rings is 2. The van der Waals surface area contributed by atoms with Crippen molar-refractivity contribution in [1.29, 1.82) is 0 Å². The molecule has 1 N–H and O–H groups in total. The molecule has 0 atom stereocenters.